The maximum absolute atomic E-state index is 3.75. The van der Waals surface area contributed by atoms with Crippen LogP contribution in [0.2, 0.25) is 0 Å². The van der Waals surface area contributed by atoms with E-state index in [0.29, 0.717) is 0 Å². The van der Waals surface area contributed by atoms with Crippen LogP contribution in [0.3, 0.4) is 0 Å². The second-order valence-electron chi connectivity index (χ2n) is 6.90. The largest absolute Gasteiger partial charge is 0.316 e. The van der Waals surface area contributed by atoms with Crippen LogP contribution in [0.4, 0.5) is 0 Å². The molecule has 0 spiro atoms. The Morgan fingerprint density at radius 1 is 1.06 bits per heavy atom. The van der Waals surface area contributed by atoms with E-state index >= 15 is 0 Å². The van der Waals surface area contributed by atoms with Crippen molar-refractivity contribution < 1.29 is 0 Å². The molecule has 1 atom stereocenters. The molecular weight excluding hydrogens is 220 g/mol. The highest BCUT2D eigenvalue weighted by Gasteiger charge is 2.40. The van der Waals surface area contributed by atoms with Gasteiger partial charge in [-0.25, -0.2) is 0 Å². The normalized spacial score (nSPS) is 28.8. The van der Waals surface area contributed by atoms with Crippen LogP contribution in [0.15, 0.2) is 0 Å². The topological polar surface area (TPSA) is 24.1 Å². The second-order valence-corrected chi connectivity index (χ2v) is 6.90. The van der Waals surface area contributed by atoms with Gasteiger partial charge in [0.25, 0.3) is 0 Å². The minimum absolute atomic E-state index is 0.961. The molecule has 2 heteroatoms. The molecule has 0 bridgehead atoms. The highest BCUT2D eigenvalue weighted by atomic mass is 14.9. The molecule has 18 heavy (non-hydrogen) atoms. The third-order valence-electron chi connectivity index (χ3n) is 5.20. The third kappa shape index (κ3) is 3.96. The Morgan fingerprint density at radius 2 is 1.83 bits per heavy atom. The fraction of sp³-hybridized carbons (Fsp3) is 1.00. The van der Waals surface area contributed by atoms with Gasteiger partial charge in [0.2, 0.25) is 0 Å². The monoisotopic (exact) mass is 250 g/mol. The Morgan fingerprint density at radius 3 is 2.44 bits per heavy atom. The lowest BCUT2D eigenvalue weighted by atomic mass is 9.94. The summed E-state index contributed by atoms with van der Waals surface area (Å²) in [5.74, 6) is 4.21. The molecule has 1 unspecified atom stereocenters. The summed E-state index contributed by atoms with van der Waals surface area (Å²) in [7, 11) is 0. The van der Waals surface area contributed by atoms with Crippen molar-refractivity contribution >= 4 is 0 Å². The summed E-state index contributed by atoms with van der Waals surface area (Å²) in [6.45, 7) is 5.09. The van der Waals surface area contributed by atoms with Crippen LogP contribution < -0.4 is 10.6 Å². The zero-order chi connectivity index (χ0) is 12.2. The van der Waals surface area contributed by atoms with Gasteiger partial charge in [0.05, 0.1) is 0 Å². The van der Waals surface area contributed by atoms with Gasteiger partial charge in [0.15, 0.2) is 0 Å². The molecule has 0 radical (unpaired) electrons. The maximum Gasteiger partial charge on any atom is -0.00152 e. The smallest absolute Gasteiger partial charge is 0.00152 e. The molecule has 0 amide bonds. The van der Waals surface area contributed by atoms with Crippen LogP contribution in [0.5, 0.6) is 0 Å². The van der Waals surface area contributed by atoms with Gasteiger partial charge < -0.3 is 10.6 Å². The van der Waals surface area contributed by atoms with E-state index in [4.69, 9.17) is 0 Å². The Kier molecular flexibility index (Phi) is 4.58. The van der Waals surface area contributed by atoms with E-state index in [9.17, 15) is 0 Å². The molecule has 104 valence electrons. The first-order chi connectivity index (χ1) is 8.93. The van der Waals surface area contributed by atoms with Gasteiger partial charge in [-0.05, 0) is 101 Å². The fourth-order valence-corrected chi connectivity index (χ4v) is 3.72. The maximum atomic E-state index is 3.75. The molecule has 1 saturated heterocycles. The molecule has 2 aliphatic carbocycles. The van der Waals surface area contributed by atoms with Crippen LogP contribution in [-0.4, -0.2) is 26.2 Å². The lowest BCUT2D eigenvalue weighted by Crippen LogP contribution is -2.31. The van der Waals surface area contributed by atoms with Crippen LogP contribution in [0, 0.1) is 23.7 Å². The van der Waals surface area contributed by atoms with E-state index in [0.717, 1.165) is 23.7 Å². The summed E-state index contributed by atoms with van der Waals surface area (Å²) >= 11 is 0. The number of hydrogen-bond acceptors (Lipinski definition) is 2. The molecule has 1 aliphatic heterocycles. The van der Waals surface area contributed by atoms with E-state index in [2.05, 4.69) is 10.6 Å². The predicted octanol–water partition coefficient (Wildman–Crippen LogP) is 2.79. The SMILES string of the molecule is C1CNCC(CCCNCC(C2CC2)C2CC2)C1. The molecule has 2 nitrogen and oxygen atoms in total. The third-order valence-corrected chi connectivity index (χ3v) is 5.20. The molecule has 3 fully saturated rings. The summed E-state index contributed by atoms with van der Waals surface area (Å²) in [6.07, 6.45) is 11.8. The minimum atomic E-state index is 0.961. The zero-order valence-electron chi connectivity index (χ0n) is 11.8. The molecule has 2 N–H and O–H groups in total. The number of hydrogen-bond donors (Lipinski definition) is 2. The second kappa shape index (κ2) is 6.38. The molecule has 2 saturated carbocycles. The van der Waals surface area contributed by atoms with Crippen molar-refractivity contribution in [1.82, 2.24) is 10.6 Å². The first-order valence-corrected chi connectivity index (χ1v) is 8.35. The van der Waals surface area contributed by atoms with E-state index in [1.54, 1.807) is 0 Å². The van der Waals surface area contributed by atoms with Gasteiger partial charge in [-0.1, -0.05) is 0 Å². The summed E-state index contributed by atoms with van der Waals surface area (Å²) < 4.78 is 0. The number of nitrogens with one attached hydrogen (secondary N) is 2. The van der Waals surface area contributed by atoms with Crippen molar-refractivity contribution in [2.24, 2.45) is 23.7 Å². The first-order valence-electron chi connectivity index (χ1n) is 8.35. The predicted molar refractivity (Wildman–Crippen MR) is 76.6 cm³/mol. The standard InChI is InChI=1S/C16H30N2/c1-3-13(11-17-9-1)4-2-10-18-12-16(14-5-6-14)15-7-8-15/h13-18H,1-12H2. The molecule has 0 aromatic rings. The first kappa shape index (κ1) is 12.9. The molecule has 3 rings (SSSR count). The molecule has 3 aliphatic rings. The van der Waals surface area contributed by atoms with Crippen LogP contribution in [-0.2, 0) is 0 Å². The number of rotatable bonds is 8. The van der Waals surface area contributed by atoms with Crippen molar-refractivity contribution in [1.29, 1.82) is 0 Å². The summed E-state index contributed by atoms with van der Waals surface area (Å²) in [5.41, 5.74) is 0. The Labute approximate surface area is 112 Å². The van der Waals surface area contributed by atoms with Gasteiger partial charge >= 0.3 is 0 Å². The van der Waals surface area contributed by atoms with Crippen molar-refractivity contribution in [3.8, 4) is 0 Å². The van der Waals surface area contributed by atoms with Gasteiger partial charge in [-0.2, -0.15) is 0 Å². The quantitative estimate of drug-likeness (QED) is 0.647. The van der Waals surface area contributed by atoms with Crippen molar-refractivity contribution in [2.45, 2.75) is 51.4 Å². The summed E-state index contributed by atoms with van der Waals surface area (Å²) in [4.78, 5) is 0. The van der Waals surface area contributed by atoms with Gasteiger partial charge in [0, 0.05) is 0 Å². The molecule has 0 aromatic carbocycles. The lowest BCUT2D eigenvalue weighted by Gasteiger charge is -2.23. The van der Waals surface area contributed by atoms with E-state index < -0.39 is 0 Å². The van der Waals surface area contributed by atoms with Gasteiger partial charge in [-0.3, -0.25) is 0 Å². The van der Waals surface area contributed by atoms with Crippen molar-refractivity contribution in [3.63, 3.8) is 0 Å². The summed E-state index contributed by atoms with van der Waals surface area (Å²) in [5, 5.41) is 7.27. The molecule has 1 heterocycles. The minimum Gasteiger partial charge on any atom is -0.316 e. The fourth-order valence-electron chi connectivity index (χ4n) is 3.72. The van der Waals surface area contributed by atoms with E-state index in [1.807, 2.05) is 0 Å². The van der Waals surface area contributed by atoms with E-state index in [-0.39, 0.29) is 0 Å². The summed E-state index contributed by atoms with van der Waals surface area (Å²) in [6, 6.07) is 0. The average molecular weight is 250 g/mol. The van der Waals surface area contributed by atoms with Gasteiger partial charge in [-0.15, -0.1) is 0 Å². The molecular formula is C16H30N2. The highest BCUT2D eigenvalue weighted by Crippen LogP contribution is 2.48. The van der Waals surface area contributed by atoms with Gasteiger partial charge in [0.1, 0.15) is 0 Å². The van der Waals surface area contributed by atoms with Crippen molar-refractivity contribution in [3.05, 3.63) is 0 Å². The van der Waals surface area contributed by atoms with Crippen LogP contribution >= 0.6 is 0 Å². The van der Waals surface area contributed by atoms with E-state index in [1.165, 1.54) is 77.5 Å². The lowest BCUT2D eigenvalue weighted by molar-refractivity contribution is 0.339. The Hall–Kier alpha value is -0.0800. The Bertz CT molecular complexity index is 227. The Balaban J connectivity index is 1.23. The van der Waals surface area contributed by atoms with Crippen molar-refractivity contribution in [2.75, 3.05) is 26.2 Å². The van der Waals surface area contributed by atoms with Crippen LogP contribution in [0.25, 0.3) is 0 Å². The average Bonchev–Trinajstić information content (AvgIpc) is 3.29. The number of piperidine rings is 1. The molecule has 0 aromatic heterocycles. The zero-order valence-corrected chi connectivity index (χ0v) is 11.8. The highest BCUT2D eigenvalue weighted by molar-refractivity contribution is 4.92. The van der Waals surface area contributed by atoms with Crippen LogP contribution in [0.1, 0.15) is 51.4 Å².